The van der Waals surface area contributed by atoms with Crippen molar-refractivity contribution in [1.29, 1.82) is 0 Å². The van der Waals surface area contributed by atoms with Gasteiger partial charge in [0.2, 0.25) is 11.8 Å². The Morgan fingerprint density at radius 1 is 1.03 bits per heavy atom. The number of rotatable bonds is 6. The number of nitrogens with zero attached hydrogens (tertiary/aromatic N) is 2. The molecule has 4 rings (SSSR count). The molecular formula is C28H33N3O2. The van der Waals surface area contributed by atoms with Gasteiger partial charge in [-0.05, 0) is 74.0 Å². The van der Waals surface area contributed by atoms with Crippen LogP contribution in [0.25, 0.3) is 0 Å². The molecule has 33 heavy (non-hydrogen) atoms. The summed E-state index contributed by atoms with van der Waals surface area (Å²) in [7, 11) is 0. The maximum absolute atomic E-state index is 11.2. The number of aryl methyl sites for hydroxylation is 1. The molecule has 1 aliphatic rings. The van der Waals surface area contributed by atoms with Crippen molar-refractivity contribution in [2.75, 3.05) is 13.1 Å². The van der Waals surface area contributed by atoms with Crippen LogP contribution in [0.3, 0.4) is 0 Å². The summed E-state index contributed by atoms with van der Waals surface area (Å²) in [6.45, 7) is 5.27. The third-order valence-corrected chi connectivity index (χ3v) is 6.47. The molecule has 0 saturated carbocycles. The van der Waals surface area contributed by atoms with Gasteiger partial charge in [0, 0.05) is 18.8 Å². The van der Waals surface area contributed by atoms with Gasteiger partial charge in [0.05, 0.1) is 5.56 Å². The molecule has 3 aromatic rings. The summed E-state index contributed by atoms with van der Waals surface area (Å²) >= 11 is 0. The van der Waals surface area contributed by atoms with Crippen molar-refractivity contribution in [3.05, 3.63) is 89.1 Å². The molecule has 1 amide bonds. The third-order valence-electron chi connectivity index (χ3n) is 6.47. The van der Waals surface area contributed by atoms with Crippen LogP contribution in [0.4, 0.5) is 0 Å². The van der Waals surface area contributed by atoms with E-state index in [1.165, 1.54) is 49.4 Å². The fraction of sp³-hybridized carbons (Fsp3) is 0.357. The lowest BCUT2D eigenvalue weighted by Gasteiger charge is -2.24. The highest BCUT2D eigenvalue weighted by atomic mass is 16.5. The van der Waals surface area contributed by atoms with Crippen molar-refractivity contribution in [2.45, 2.75) is 51.5 Å². The minimum atomic E-state index is -0.496. The minimum absolute atomic E-state index is 0.368. The van der Waals surface area contributed by atoms with Crippen LogP contribution >= 0.6 is 0 Å². The number of benzene rings is 2. The third kappa shape index (κ3) is 6.42. The average Bonchev–Trinajstić information content (AvgIpc) is 2.94. The van der Waals surface area contributed by atoms with Crippen molar-refractivity contribution in [3.63, 3.8) is 0 Å². The highest BCUT2D eigenvalue weighted by Gasteiger charge is 2.17. The predicted molar refractivity (Wildman–Crippen MR) is 132 cm³/mol. The summed E-state index contributed by atoms with van der Waals surface area (Å²) in [4.78, 5) is 18.0. The summed E-state index contributed by atoms with van der Waals surface area (Å²) in [5, 5.41) is 0. The van der Waals surface area contributed by atoms with E-state index in [9.17, 15) is 4.79 Å². The van der Waals surface area contributed by atoms with Crippen LogP contribution in [0.5, 0.6) is 11.6 Å². The van der Waals surface area contributed by atoms with Gasteiger partial charge in [-0.3, -0.25) is 9.69 Å². The molecule has 2 heterocycles. The zero-order chi connectivity index (χ0) is 23.0. The van der Waals surface area contributed by atoms with Crippen LogP contribution in [0.2, 0.25) is 0 Å². The van der Waals surface area contributed by atoms with Crippen LogP contribution in [-0.2, 0) is 6.54 Å². The number of ether oxygens (including phenoxy) is 1. The van der Waals surface area contributed by atoms with Gasteiger partial charge in [-0.15, -0.1) is 0 Å². The first-order valence-corrected chi connectivity index (χ1v) is 11.9. The Morgan fingerprint density at radius 3 is 2.61 bits per heavy atom. The number of carbonyl (C=O) groups excluding carboxylic acids is 1. The molecule has 1 atom stereocenters. The van der Waals surface area contributed by atoms with E-state index in [0.717, 1.165) is 30.9 Å². The van der Waals surface area contributed by atoms with Crippen molar-refractivity contribution >= 4 is 5.91 Å². The number of pyridine rings is 1. The predicted octanol–water partition coefficient (Wildman–Crippen LogP) is 5.83. The van der Waals surface area contributed by atoms with E-state index < -0.39 is 5.91 Å². The summed E-state index contributed by atoms with van der Waals surface area (Å²) in [5.74, 6) is 1.37. The van der Waals surface area contributed by atoms with Gasteiger partial charge in [-0.25, -0.2) is 4.98 Å². The minimum Gasteiger partial charge on any atom is -0.439 e. The molecule has 0 bridgehead atoms. The van der Waals surface area contributed by atoms with Gasteiger partial charge in [-0.2, -0.15) is 0 Å². The fourth-order valence-electron chi connectivity index (χ4n) is 4.60. The number of hydrogen-bond donors (Lipinski definition) is 1. The molecule has 0 spiro atoms. The Balaban J connectivity index is 1.39. The number of hydrogen-bond acceptors (Lipinski definition) is 4. The van der Waals surface area contributed by atoms with Gasteiger partial charge in [0.1, 0.15) is 5.75 Å². The first-order valence-electron chi connectivity index (χ1n) is 11.9. The van der Waals surface area contributed by atoms with E-state index in [1.807, 2.05) is 6.07 Å². The first-order chi connectivity index (χ1) is 16.1. The number of aromatic nitrogens is 1. The van der Waals surface area contributed by atoms with E-state index in [-0.39, 0.29) is 0 Å². The summed E-state index contributed by atoms with van der Waals surface area (Å²) in [5.41, 5.74) is 9.49. The highest BCUT2D eigenvalue weighted by Crippen LogP contribution is 2.29. The van der Waals surface area contributed by atoms with Gasteiger partial charge in [0.25, 0.3) is 0 Å². The van der Waals surface area contributed by atoms with Gasteiger partial charge < -0.3 is 10.5 Å². The average molecular weight is 444 g/mol. The normalized spacial score (nSPS) is 17.5. The SMILES string of the molecule is Cc1cc(CN2CCCCCC(c3ccccc3)CC2)ccc1Oc1ccc(C(N)=O)cn1. The molecule has 1 aromatic heterocycles. The van der Waals surface area contributed by atoms with Crippen molar-refractivity contribution in [1.82, 2.24) is 9.88 Å². The molecule has 1 unspecified atom stereocenters. The number of carbonyl (C=O) groups is 1. The van der Waals surface area contributed by atoms with Gasteiger partial charge >= 0.3 is 0 Å². The zero-order valence-electron chi connectivity index (χ0n) is 19.4. The lowest BCUT2D eigenvalue weighted by Crippen LogP contribution is -2.26. The second kappa shape index (κ2) is 11.1. The molecule has 1 fully saturated rings. The van der Waals surface area contributed by atoms with Crippen molar-refractivity contribution in [3.8, 4) is 11.6 Å². The summed E-state index contributed by atoms with van der Waals surface area (Å²) < 4.78 is 5.93. The number of amides is 1. The molecule has 172 valence electrons. The van der Waals surface area contributed by atoms with Crippen LogP contribution < -0.4 is 10.5 Å². The fourth-order valence-corrected chi connectivity index (χ4v) is 4.60. The van der Waals surface area contributed by atoms with Crippen molar-refractivity contribution < 1.29 is 9.53 Å². The van der Waals surface area contributed by atoms with Crippen LogP contribution in [0.15, 0.2) is 66.9 Å². The number of nitrogens with two attached hydrogens (primary N) is 1. The monoisotopic (exact) mass is 443 g/mol. The molecule has 1 aliphatic heterocycles. The van der Waals surface area contributed by atoms with E-state index in [1.54, 1.807) is 12.1 Å². The molecule has 1 saturated heterocycles. The largest absolute Gasteiger partial charge is 0.439 e. The Bertz CT molecular complexity index is 1050. The van der Waals surface area contributed by atoms with E-state index in [4.69, 9.17) is 10.5 Å². The lowest BCUT2D eigenvalue weighted by molar-refractivity contribution is 0.1000. The number of primary amides is 1. The van der Waals surface area contributed by atoms with Crippen molar-refractivity contribution in [2.24, 2.45) is 5.73 Å². The smallest absolute Gasteiger partial charge is 0.250 e. The molecule has 0 aliphatic carbocycles. The topological polar surface area (TPSA) is 68.5 Å². The molecular weight excluding hydrogens is 410 g/mol. The molecule has 2 N–H and O–H groups in total. The molecule has 2 aromatic carbocycles. The Morgan fingerprint density at radius 2 is 1.88 bits per heavy atom. The molecule has 5 nitrogen and oxygen atoms in total. The maximum atomic E-state index is 11.2. The zero-order valence-corrected chi connectivity index (χ0v) is 19.4. The Hall–Kier alpha value is -3.18. The van der Waals surface area contributed by atoms with Crippen LogP contribution in [-0.4, -0.2) is 28.9 Å². The Labute approximate surface area is 196 Å². The molecule has 5 heteroatoms. The quantitative estimate of drug-likeness (QED) is 0.520. The van der Waals surface area contributed by atoms with E-state index in [2.05, 4.69) is 59.3 Å². The first kappa shape index (κ1) is 23.0. The van der Waals surface area contributed by atoms with Gasteiger partial charge in [-0.1, -0.05) is 55.3 Å². The Kier molecular flexibility index (Phi) is 7.74. The second-order valence-corrected chi connectivity index (χ2v) is 8.97. The van der Waals surface area contributed by atoms with E-state index >= 15 is 0 Å². The standard InChI is InChI=1S/C28H33N3O2/c1-21-18-22(11-13-26(21)33-27-14-12-25(19-30-27)28(29)32)20-31-16-7-3-6-10-24(15-17-31)23-8-4-2-5-9-23/h2,4-5,8-9,11-14,18-19,24H,3,6-7,10,15-17,20H2,1H3,(H2,29,32). The maximum Gasteiger partial charge on any atom is 0.250 e. The highest BCUT2D eigenvalue weighted by molar-refractivity contribution is 5.92. The lowest BCUT2D eigenvalue weighted by atomic mass is 9.90. The van der Waals surface area contributed by atoms with Crippen LogP contribution in [0.1, 0.15) is 65.1 Å². The van der Waals surface area contributed by atoms with Crippen LogP contribution in [0, 0.1) is 6.92 Å². The summed E-state index contributed by atoms with van der Waals surface area (Å²) in [6, 6.07) is 20.6. The van der Waals surface area contributed by atoms with E-state index in [0.29, 0.717) is 17.4 Å². The molecule has 0 radical (unpaired) electrons. The summed E-state index contributed by atoms with van der Waals surface area (Å²) in [6.07, 6.45) is 7.80. The van der Waals surface area contributed by atoms with Gasteiger partial charge in [0.15, 0.2) is 0 Å². The second-order valence-electron chi connectivity index (χ2n) is 8.97.